The average molecular weight is 466 g/mol. The van der Waals surface area contributed by atoms with Gasteiger partial charge in [0.1, 0.15) is 24.4 Å². The molecule has 0 fully saturated rings. The first kappa shape index (κ1) is 28.9. The zero-order valence-electron chi connectivity index (χ0n) is 20.2. The van der Waals surface area contributed by atoms with E-state index < -0.39 is 36.1 Å². The van der Waals surface area contributed by atoms with Gasteiger partial charge in [-0.15, -0.1) is 0 Å². The van der Waals surface area contributed by atoms with Crippen molar-refractivity contribution in [3.05, 3.63) is 48.0 Å². The normalized spacial score (nSPS) is 16.7. The summed E-state index contributed by atoms with van der Waals surface area (Å²) in [7, 11) is 1.23. The van der Waals surface area contributed by atoms with Crippen molar-refractivity contribution in [3.8, 4) is 0 Å². The lowest BCUT2D eigenvalue weighted by Gasteiger charge is -2.27. The van der Waals surface area contributed by atoms with Crippen molar-refractivity contribution in [1.29, 1.82) is 0 Å². The van der Waals surface area contributed by atoms with Crippen molar-refractivity contribution < 1.29 is 34.4 Å². The molecule has 8 nitrogen and oxygen atoms in total. The number of hydrogen-bond acceptors (Lipinski definition) is 7. The van der Waals surface area contributed by atoms with Crippen LogP contribution < -0.4 is 5.32 Å². The number of amides is 1. The fourth-order valence-electron chi connectivity index (χ4n) is 3.04. The summed E-state index contributed by atoms with van der Waals surface area (Å²) in [4.78, 5) is 24.9. The van der Waals surface area contributed by atoms with E-state index in [1.54, 1.807) is 13.0 Å². The lowest BCUT2D eigenvalue weighted by Crippen LogP contribution is -2.48. The second-order valence-corrected chi connectivity index (χ2v) is 9.25. The van der Waals surface area contributed by atoms with Crippen molar-refractivity contribution in [2.75, 3.05) is 20.3 Å². The number of Topliss-reactive ketones (excluding diaryl/α,β-unsaturated/α-hetero) is 1. The third kappa shape index (κ3) is 11.0. The zero-order chi connectivity index (χ0) is 25.0. The van der Waals surface area contributed by atoms with Gasteiger partial charge in [0.05, 0.1) is 13.2 Å². The molecule has 8 heteroatoms. The number of allylic oxidation sites excluding steroid dienone is 1. The molecule has 0 bridgehead atoms. The highest BCUT2D eigenvalue weighted by Gasteiger charge is 2.36. The molecule has 1 amide bonds. The Balaban J connectivity index is 2.48. The number of ketones is 1. The average Bonchev–Trinajstić information content (AvgIpc) is 2.77. The van der Waals surface area contributed by atoms with E-state index in [0.717, 1.165) is 5.56 Å². The topological polar surface area (TPSA) is 125 Å². The summed E-state index contributed by atoms with van der Waals surface area (Å²) in [5.74, 6) is -1.54. The second-order valence-electron chi connectivity index (χ2n) is 9.25. The van der Waals surface area contributed by atoms with Gasteiger partial charge in [0.25, 0.3) is 0 Å². The summed E-state index contributed by atoms with van der Waals surface area (Å²) in [5.41, 5.74) is 0.811. The fourth-order valence-corrected chi connectivity index (χ4v) is 3.04. The highest BCUT2D eigenvalue weighted by atomic mass is 16.5. The van der Waals surface area contributed by atoms with E-state index in [1.807, 2.05) is 51.1 Å². The number of hydrogen-bond donors (Lipinski definition) is 4. The first-order valence-electron chi connectivity index (χ1n) is 11.1. The Morgan fingerprint density at radius 2 is 1.73 bits per heavy atom. The van der Waals surface area contributed by atoms with E-state index in [9.17, 15) is 24.9 Å². The molecule has 0 saturated carbocycles. The Bertz CT molecular complexity index is 745. The third-order valence-corrected chi connectivity index (χ3v) is 4.99. The van der Waals surface area contributed by atoms with Crippen molar-refractivity contribution in [3.63, 3.8) is 0 Å². The van der Waals surface area contributed by atoms with Crippen molar-refractivity contribution in [2.24, 2.45) is 11.3 Å². The van der Waals surface area contributed by atoms with Gasteiger partial charge in [-0.05, 0) is 11.0 Å². The predicted molar refractivity (Wildman–Crippen MR) is 125 cm³/mol. The summed E-state index contributed by atoms with van der Waals surface area (Å²) in [5, 5.41) is 33.5. The van der Waals surface area contributed by atoms with Gasteiger partial charge in [-0.3, -0.25) is 9.59 Å². The number of methoxy groups -OCH3 is 1. The number of ether oxygens (including phenoxy) is 2. The number of carbonyl (C=O) groups excluding carboxylic acids is 2. The Morgan fingerprint density at radius 1 is 1.09 bits per heavy atom. The molecule has 0 unspecified atom stereocenters. The number of carbonyl (C=O) groups is 2. The molecular formula is C25H39NO7. The molecule has 0 radical (unpaired) electrons. The minimum Gasteiger partial charge on any atom is -0.387 e. The number of nitrogens with one attached hydrogen (secondary N) is 1. The number of aliphatic hydroxyl groups is 3. The highest BCUT2D eigenvalue weighted by Crippen LogP contribution is 2.18. The summed E-state index contributed by atoms with van der Waals surface area (Å²) in [6, 6.07) is 9.66. The van der Waals surface area contributed by atoms with Crippen LogP contribution in [-0.2, 0) is 25.7 Å². The Kier molecular flexibility index (Phi) is 12.5. The molecule has 0 aliphatic carbocycles. The molecule has 33 heavy (non-hydrogen) atoms. The number of benzene rings is 1. The van der Waals surface area contributed by atoms with E-state index in [4.69, 9.17) is 9.47 Å². The van der Waals surface area contributed by atoms with Crippen molar-refractivity contribution in [2.45, 2.75) is 65.1 Å². The molecule has 5 atom stereocenters. The lowest BCUT2D eigenvalue weighted by atomic mass is 9.92. The molecule has 0 aliphatic rings. The Labute approximate surface area is 196 Å². The van der Waals surface area contributed by atoms with Crippen LogP contribution in [0.1, 0.15) is 39.7 Å². The van der Waals surface area contributed by atoms with Gasteiger partial charge in [-0.1, -0.05) is 70.2 Å². The fraction of sp³-hybridized carbons (Fsp3) is 0.600. The summed E-state index contributed by atoms with van der Waals surface area (Å²) in [6.45, 7) is 8.41. The maximum Gasteiger partial charge on any atom is 0.223 e. The monoisotopic (exact) mass is 465 g/mol. The summed E-state index contributed by atoms with van der Waals surface area (Å²) < 4.78 is 10.6. The van der Waals surface area contributed by atoms with Crippen molar-refractivity contribution >= 4 is 11.7 Å². The summed E-state index contributed by atoms with van der Waals surface area (Å²) >= 11 is 0. The minimum atomic E-state index is -1.65. The molecular weight excluding hydrogens is 426 g/mol. The molecule has 1 rings (SSSR count). The van der Waals surface area contributed by atoms with E-state index in [0.29, 0.717) is 19.8 Å². The van der Waals surface area contributed by atoms with Gasteiger partial charge in [-0.2, -0.15) is 0 Å². The van der Waals surface area contributed by atoms with E-state index >= 15 is 0 Å². The third-order valence-electron chi connectivity index (χ3n) is 4.99. The van der Waals surface area contributed by atoms with Gasteiger partial charge in [0.15, 0.2) is 5.78 Å². The van der Waals surface area contributed by atoms with Gasteiger partial charge >= 0.3 is 0 Å². The lowest BCUT2D eigenvalue weighted by molar-refractivity contribution is -0.149. The van der Waals surface area contributed by atoms with Crippen LogP contribution in [0.15, 0.2) is 42.5 Å². The standard InChI is InChI=1S/C25H39NO7/c1-17(24(31)26-13-14-33-16-18-9-7-6-8-10-18)15-20(28)23(32-5)22(30)21(29)19(27)11-12-25(2,3)4/h6-12,17,19,21-23,27,29-30H,13-16H2,1-5H3,(H,26,31)/b12-11+/t17-,19-,21+,22-,23+/m1/s1. The predicted octanol–water partition coefficient (Wildman–Crippen LogP) is 1.61. The molecule has 1 aromatic carbocycles. The SMILES string of the molecule is CO[C@@H](C(=O)C[C@@H](C)C(=O)NCCOCc1ccccc1)[C@H](O)[C@@H](O)[C@H](O)/C=C/C(C)(C)C. The Hall–Kier alpha value is -2.10. The number of aliphatic hydroxyl groups excluding tert-OH is 3. The van der Waals surface area contributed by atoms with Crippen LogP contribution in [0.2, 0.25) is 0 Å². The molecule has 0 saturated heterocycles. The number of rotatable bonds is 14. The maximum absolute atomic E-state index is 12.6. The minimum absolute atomic E-state index is 0.188. The van der Waals surface area contributed by atoms with Crippen LogP contribution in [0.5, 0.6) is 0 Å². The van der Waals surface area contributed by atoms with Gasteiger partial charge in [0.2, 0.25) is 5.91 Å². The molecule has 4 N–H and O–H groups in total. The van der Waals surface area contributed by atoms with Gasteiger partial charge < -0.3 is 30.1 Å². The smallest absolute Gasteiger partial charge is 0.223 e. The molecule has 0 aliphatic heterocycles. The van der Waals surface area contributed by atoms with Crippen LogP contribution in [0.4, 0.5) is 0 Å². The van der Waals surface area contributed by atoms with Gasteiger partial charge in [0, 0.05) is 26.0 Å². The van der Waals surface area contributed by atoms with Crippen LogP contribution in [-0.4, -0.2) is 71.7 Å². The van der Waals surface area contributed by atoms with E-state index in [-0.39, 0.29) is 17.7 Å². The second kappa shape index (κ2) is 14.2. The van der Waals surface area contributed by atoms with Gasteiger partial charge in [-0.25, -0.2) is 0 Å². The Morgan fingerprint density at radius 3 is 2.30 bits per heavy atom. The van der Waals surface area contributed by atoms with Crippen molar-refractivity contribution in [1.82, 2.24) is 5.32 Å². The summed E-state index contributed by atoms with van der Waals surface area (Å²) in [6.07, 6.45) is -3.13. The molecule has 0 heterocycles. The van der Waals surface area contributed by atoms with Crippen LogP contribution in [0.25, 0.3) is 0 Å². The largest absolute Gasteiger partial charge is 0.387 e. The van der Waals surface area contributed by atoms with E-state index in [1.165, 1.54) is 13.2 Å². The molecule has 1 aromatic rings. The van der Waals surface area contributed by atoms with Crippen LogP contribution in [0, 0.1) is 11.3 Å². The van der Waals surface area contributed by atoms with E-state index in [2.05, 4.69) is 5.32 Å². The molecule has 0 aromatic heterocycles. The maximum atomic E-state index is 12.6. The molecule has 186 valence electrons. The molecule has 0 spiro atoms. The quantitative estimate of drug-likeness (QED) is 0.243. The van der Waals surface area contributed by atoms with Crippen LogP contribution in [0.3, 0.4) is 0 Å². The first-order chi connectivity index (χ1) is 15.5. The van der Waals surface area contributed by atoms with Crippen LogP contribution >= 0.6 is 0 Å². The zero-order valence-corrected chi connectivity index (χ0v) is 20.2. The highest BCUT2D eigenvalue weighted by molar-refractivity contribution is 5.89. The first-order valence-corrected chi connectivity index (χ1v) is 11.1.